The van der Waals surface area contributed by atoms with Gasteiger partial charge in [0.1, 0.15) is 0 Å². The molecule has 1 saturated heterocycles. The molecular weight excluding hydrogens is 222 g/mol. The van der Waals surface area contributed by atoms with Gasteiger partial charge in [-0.05, 0) is 30.4 Å². The first-order valence-electron chi connectivity index (χ1n) is 6.83. The molecule has 1 heterocycles. The zero-order valence-electron chi connectivity index (χ0n) is 11.5. The van der Waals surface area contributed by atoms with Gasteiger partial charge in [-0.3, -0.25) is 9.69 Å². The van der Waals surface area contributed by atoms with Crippen LogP contribution in [0.4, 0.5) is 0 Å². The van der Waals surface area contributed by atoms with Gasteiger partial charge in [0.2, 0.25) is 0 Å². The Labute approximate surface area is 110 Å². The first-order chi connectivity index (χ1) is 8.55. The quantitative estimate of drug-likeness (QED) is 0.813. The molecule has 18 heavy (non-hydrogen) atoms. The number of carbonyl (C=O) groups is 1. The molecule has 2 rings (SSSR count). The summed E-state index contributed by atoms with van der Waals surface area (Å²) in [4.78, 5) is 14.4. The van der Waals surface area contributed by atoms with Gasteiger partial charge in [-0.15, -0.1) is 0 Å². The van der Waals surface area contributed by atoms with E-state index in [-0.39, 0.29) is 0 Å². The molecule has 1 aliphatic rings. The first-order valence-corrected chi connectivity index (χ1v) is 6.83. The predicted octanol–water partition coefficient (Wildman–Crippen LogP) is 2.92. The molecule has 0 spiro atoms. The Hall–Kier alpha value is -1.15. The Kier molecular flexibility index (Phi) is 4.18. The molecule has 0 amide bonds. The highest BCUT2D eigenvalue weighted by Gasteiger charge is 2.27. The molecule has 0 unspecified atom stereocenters. The summed E-state index contributed by atoms with van der Waals surface area (Å²) in [5.74, 6) is 0.332. The summed E-state index contributed by atoms with van der Waals surface area (Å²) in [5, 5.41) is 0. The molecule has 98 valence electrons. The second kappa shape index (κ2) is 5.66. The van der Waals surface area contributed by atoms with Gasteiger partial charge in [0.05, 0.1) is 6.54 Å². The lowest BCUT2D eigenvalue weighted by Gasteiger charge is -2.37. The molecule has 1 aromatic carbocycles. The van der Waals surface area contributed by atoms with Crippen molar-refractivity contribution in [2.24, 2.45) is 5.41 Å². The molecule has 1 aliphatic heterocycles. The highest BCUT2D eigenvalue weighted by Crippen LogP contribution is 2.28. The monoisotopic (exact) mass is 245 g/mol. The van der Waals surface area contributed by atoms with E-state index in [0.29, 0.717) is 24.2 Å². The molecule has 0 bridgehead atoms. The number of Topliss-reactive ketones (excluding diaryl/α,β-unsaturated/α-hetero) is 1. The van der Waals surface area contributed by atoms with E-state index in [2.05, 4.69) is 18.7 Å². The van der Waals surface area contributed by atoms with Crippen LogP contribution in [0.5, 0.6) is 0 Å². The highest BCUT2D eigenvalue weighted by molar-refractivity contribution is 5.82. The summed E-state index contributed by atoms with van der Waals surface area (Å²) in [6.07, 6.45) is 3.06. The van der Waals surface area contributed by atoms with Crippen molar-refractivity contribution < 1.29 is 4.79 Å². The van der Waals surface area contributed by atoms with Gasteiger partial charge in [0.25, 0.3) is 0 Å². The van der Waals surface area contributed by atoms with Gasteiger partial charge in [-0.25, -0.2) is 0 Å². The third kappa shape index (κ3) is 3.95. The van der Waals surface area contributed by atoms with Crippen molar-refractivity contribution in [1.82, 2.24) is 4.90 Å². The van der Waals surface area contributed by atoms with Crippen LogP contribution in [-0.4, -0.2) is 30.3 Å². The Balaban J connectivity index is 1.84. The number of rotatable bonds is 4. The molecule has 0 radical (unpaired) electrons. The molecule has 2 heteroatoms. The van der Waals surface area contributed by atoms with E-state index in [9.17, 15) is 4.79 Å². The second-order valence-corrected chi connectivity index (χ2v) is 6.18. The van der Waals surface area contributed by atoms with Crippen LogP contribution < -0.4 is 0 Å². The lowest BCUT2D eigenvalue weighted by atomic mass is 9.84. The molecule has 0 atom stereocenters. The Bertz CT molecular complexity index is 397. The summed E-state index contributed by atoms with van der Waals surface area (Å²) in [6.45, 7) is 7.32. The van der Waals surface area contributed by atoms with Crippen LogP contribution in [0.3, 0.4) is 0 Å². The van der Waals surface area contributed by atoms with Gasteiger partial charge < -0.3 is 0 Å². The van der Waals surface area contributed by atoms with Crippen LogP contribution in [0.1, 0.15) is 32.3 Å². The Morgan fingerprint density at radius 3 is 2.67 bits per heavy atom. The minimum atomic E-state index is 0.332. The van der Waals surface area contributed by atoms with Crippen molar-refractivity contribution in [1.29, 1.82) is 0 Å². The van der Waals surface area contributed by atoms with Crippen molar-refractivity contribution in [2.75, 3.05) is 19.6 Å². The van der Waals surface area contributed by atoms with E-state index in [1.54, 1.807) is 0 Å². The number of ketones is 1. The molecule has 1 fully saturated rings. The zero-order chi connectivity index (χ0) is 13.0. The number of hydrogen-bond donors (Lipinski definition) is 0. The van der Waals surface area contributed by atoms with Crippen molar-refractivity contribution in [2.45, 2.75) is 33.1 Å². The molecule has 2 nitrogen and oxygen atoms in total. The topological polar surface area (TPSA) is 20.3 Å². The SMILES string of the molecule is CC1(C)CCCN(CC(=O)Cc2ccccc2)C1. The molecular formula is C16H23NO. The van der Waals surface area contributed by atoms with E-state index in [0.717, 1.165) is 18.7 Å². The predicted molar refractivity (Wildman–Crippen MR) is 74.6 cm³/mol. The second-order valence-electron chi connectivity index (χ2n) is 6.18. The van der Waals surface area contributed by atoms with Crippen LogP contribution in [0, 0.1) is 5.41 Å². The minimum Gasteiger partial charge on any atom is -0.298 e. The smallest absolute Gasteiger partial charge is 0.151 e. The summed E-state index contributed by atoms with van der Waals surface area (Å²) < 4.78 is 0. The van der Waals surface area contributed by atoms with Crippen molar-refractivity contribution in [3.05, 3.63) is 35.9 Å². The largest absolute Gasteiger partial charge is 0.298 e. The first kappa shape index (κ1) is 13.3. The lowest BCUT2D eigenvalue weighted by molar-refractivity contribution is -0.120. The average Bonchev–Trinajstić information content (AvgIpc) is 2.28. The molecule has 0 saturated carbocycles. The van der Waals surface area contributed by atoms with Gasteiger partial charge in [-0.1, -0.05) is 44.2 Å². The third-order valence-electron chi connectivity index (χ3n) is 3.62. The van der Waals surface area contributed by atoms with E-state index >= 15 is 0 Å². The van der Waals surface area contributed by atoms with Crippen LogP contribution >= 0.6 is 0 Å². The van der Waals surface area contributed by atoms with Gasteiger partial charge in [0.15, 0.2) is 5.78 Å². The fourth-order valence-corrected chi connectivity index (χ4v) is 2.81. The zero-order valence-corrected chi connectivity index (χ0v) is 11.5. The third-order valence-corrected chi connectivity index (χ3v) is 3.62. The summed E-state index contributed by atoms with van der Waals surface area (Å²) in [5.41, 5.74) is 1.49. The van der Waals surface area contributed by atoms with Crippen LogP contribution in [0.15, 0.2) is 30.3 Å². The number of benzene rings is 1. The van der Waals surface area contributed by atoms with Crippen molar-refractivity contribution >= 4 is 5.78 Å². The maximum atomic E-state index is 12.1. The standard InChI is InChI=1S/C16H23NO/c1-16(2)9-6-10-17(13-16)12-15(18)11-14-7-4-3-5-8-14/h3-5,7-8H,6,9-13H2,1-2H3. The van der Waals surface area contributed by atoms with Crippen LogP contribution in [0.2, 0.25) is 0 Å². The maximum Gasteiger partial charge on any atom is 0.151 e. The average molecular weight is 245 g/mol. The van der Waals surface area contributed by atoms with Gasteiger partial charge >= 0.3 is 0 Å². The summed E-state index contributed by atoms with van der Waals surface area (Å²) in [7, 11) is 0. The number of carbonyl (C=O) groups excluding carboxylic acids is 1. The lowest BCUT2D eigenvalue weighted by Crippen LogP contribution is -2.42. The number of piperidine rings is 1. The van der Waals surface area contributed by atoms with E-state index in [4.69, 9.17) is 0 Å². The molecule has 0 N–H and O–H groups in total. The fraction of sp³-hybridized carbons (Fsp3) is 0.562. The Morgan fingerprint density at radius 2 is 2.00 bits per heavy atom. The van der Waals surface area contributed by atoms with Crippen molar-refractivity contribution in [3.63, 3.8) is 0 Å². The summed E-state index contributed by atoms with van der Waals surface area (Å²) in [6, 6.07) is 10.0. The highest BCUT2D eigenvalue weighted by atomic mass is 16.1. The van der Waals surface area contributed by atoms with E-state index < -0.39 is 0 Å². The fourth-order valence-electron chi connectivity index (χ4n) is 2.81. The van der Waals surface area contributed by atoms with Crippen molar-refractivity contribution in [3.8, 4) is 0 Å². The van der Waals surface area contributed by atoms with Gasteiger partial charge in [0, 0.05) is 13.0 Å². The van der Waals surface area contributed by atoms with E-state index in [1.165, 1.54) is 12.8 Å². The minimum absolute atomic E-state index is 0.332. The van der Waals surface area contributed by atoms with E-state index in [1.807, 2.05) is 30.3 Å². The number of likely N-dealkylation sites (tertiary alicyclic amines) is 1. The maximum absolute atomic E-state index is 12.1. The molecule has 1 aromatic rings. The van der Waals surface area contributed by atoms with Gasteiger partial charge in [-0.2, -0.15) is 0 Å². The normalized spacial score (nSPS) is 19.7. The number of nitrogens with zero attached hydrogens (tertiary/aromatic N) is 1. The molecule has 0 aliphatic carbocycles. The number of hydrogen-bond acceptors (Lipinski definition) is 2. The Morgan fingerprint density at radius 1 is 1.28 bits per heavy atom. The molecule has 0 aromatic heterocycles. The van der Waals surface area contributed by atoms with Crippen LogP contribution in [-0.2, 0) is 11.2 Å². The summed E-state index contributed by atoms with van der Waals surface area (Å²) >= 11 is 0. The van der Waals surface area contributed by atoms with Crippen LogP contribution in [0.25, 0.3) is 0 Å².